The van der Waals surface area contributed by atoms with Gasteiger partial charge in [0.25, 0.3) is 6.02 Å². The molecule has 0 aromatic heterocycles. The van der Waals surface area contributed by atoms with Crippen molar-refractivity contribution >= 4 is 11.7 Å². The smallest absolute Gasteiger partial charge is 0.310 e. The fraction of sp³-hybridized carbons (Fsp3) is 0.364. The van der Waals surface area contributed by atoms with E-state index in [-0.39, 0.29) is 5.69 Å². The van der Waals surface area contributed by atoms with Crippen LogP contribution < -0.4 is 11.5 Å². The van der Waals surface area contributed by atoms with Crippen molar-refractivity contribution < 1.29 is 22.3 Å². The number of ether oxygens (including phenoxy) is 1. The van der Waals surface area contributed by atoms with Gasteiger partial charge in [-0.05, 0) is 19.1 Å². The van der Waals surface area contributed by atoms with E-state index in [9.17, 15) is 17.6 Å². The van der Waals surface area contributed by atoms with Crippen LogP contribution in [0.2, 0.25) is 0 Å². The fourth-order valence-electron chi connectivity index (χ4n) is 1.85. The SMILES string of the molecule is C[C@]1(c2cc(N)cc(F)c2F)OC(N)=NCC1(F)F. The zero-order valence-corrected chi connectivity index (χ0v) is 9.88. The number of benzene rings is 1. The molecule has 0 aliphatic carbocycles. The normalized spacial score (nSPS) is 25.6. The fourth-order valence-corrected chi connectivity index (χ4v) is 1.85. The molecular formula is C11H11F4N3O. The number of hydrogen-bond donors (Lipinski definition) is 2. The molecule has 1 atom stereocenters. The van der Waals surface area contributed by atoms with Crippen LogP contribution in [-0.4, -0.2) is 18.5 Å². The summed E-state index contributed by atoms with van der Waals surface area (Å²) in [5.74, 6) is -6.35. The number of anilines is 1. The molecule has 0 amide bonds. The summed E-state index contributed by atoms with van der Waals surface area (Å²) in [4.78, 5) is 3.25. The van der Waals surface area contributed by atoms with E-state index in [2.05, 4.69) is 4.99 Å². The van der Waals surface area contributed by atoms with Gasteiger partial charge in [0, 0.05) is 11.3 Å². The summed E-state index contributed by atoms with van der Waals surface area (Å²) in [6.45, 7) is -0.0724. The molecule has 0 fully saturated rings. The number of halogens is 4. The summed E-state index contributed by atoms with van der Waals surface area (Å²) in [5.41, 5.74) is 7.22. The first-order valence-corrected chi connectivity index (χ1v) is 5.29. The Balaban J connectivity index is 2.65. The number of nitrogen functional groups attached to an aromatic ring is 1. The van der Waals surface area contributed by atoms with Gasteiger partial charge in [-0.3, -0.25) is 0 Å². The summed E-state index contributed by atoms with van der Waals surface area (Å²) in [5, 5.41) is 0. The Labute approximate surface area is 106 Å². The van der Waals surface area contributed by atoms with Gasteiger partial charge >= 0.3 is 5.92 Å². The second-order valence-electron chi connectivity index (χ2n) is 4.36. The molecule has 8 heteroatoms. The maximum Gasteiger partial charge on any atom is 0.310 e. The lowest BCUT2D eigenvalue weighted by molar-refractivity contribution is -0.173. The van der Waals surface area contributed by atoms with E-state index in [4.69, 9.17) is 16.2 Å². The van der Waals surface area contributed by atoms with Crippen molar-refractivity contribution in [2.75, 3.05) is 12.3 Å². The van der Waals surface area contributed by atoms with Crippen molar-refractivity contribution in [3.63, 3.8) is 0 Å². The first-order chi connectivity index (χ1) is 8.67. The average molecular weight is 277 g/mol. The quantitative estimate of drug-likeness (QED) is 0.606. The van der Waals surface area contributed by atoms with Crippen molar-refractivity contribution in [3.8, 4) is 0 Å². The molecule has 0 spiro atoms. The van der Waals surface area contributed by atoms with Gasteiger partial charge in [-0.25, -0.2) is 13.8 Å². The molecular weight excluding hydrogens is 266 g/mol. The highest BCUT2D eigenvalue weighted by molar-refractivity contribution is 5.73. The Hall–Kier alpha value is -1.99. The number of aliphatic imine (C=N–C) groups is 1. The third kappa shape index (κ3) is 1.96. The zero-order chi connectivity index (χ0) is 14.4. The molecule has 1 aliphatic rings. The molecule has 1 aromatic carbocycles. The van der Waals surface area contributed by atoms with Crippen molar-refractivity contribution in [1.29, 1.82) is 0 Å². The van der Waals surface area contributed by atoms with Crippen LogP contribution in [0.1, 0.15) is 12.5 Å². The summed E-state index contributed by atoms with van der Waals surface area (Å²) in [6.07, 6.45) is 0. The monoisotopic (exact) mass is 277 g/mol. The van der Waals surface area contributed by atoms with Crippen molar-refractivity contribution in [1.82, 2.24) is 0 Å². The topological polar surface area (TPSA) is 73.6 Å². The van der Waals surface area contributed by atoms with E-state index in [1.54, 1.807) is 0 Å². The van der Waals surface area contributed by atoms with Gasteiger partial charge in [0.15, 0.2) is 11.6 Å². The average Bonchev–Trinajstić information content (AvgIpc) is 2.29. The van der Waals surface area contributed by atoms with E-state index < -0.39 is 41.3 Å². The van der Waals surface area contributed by atoms with Gasteiger partial charge in [0.1, 0.15) is 6.54 Å². The lowest BCUT2D eigenvalue weighted by atomic mass is 9.87. The first-order valence-electron chi connectivity index (χ1n) is 5.29. The number of alkyl halides is 2. The summed E-state index contributed by atoms with van der Waals surface area (Å²) < 4.78 is 59.7. The van der Waals surface area contributed by atoms with Crippen LogP contribution >= 0.6 is 0 Å². The minimum absolute atomic E-state index is 0.199. The standard InChI is InChI=1S/C11H11F4N3O/c1-10(11(14,15)4-18-9(17)19-10)6-2-5(16)3-7(12)8(6)13/h2-3H,4,16H2,1H3,(H2,17,18)/t10-/m1/s1. The van der Waals surface area contributed by atoms with E-state index in [0.29, 0.717) is 6.07 Å². The molecule has 4 nitrogen and oxygen atoms in total. The number of rotatable bonds is 1. The Kier molecular flexibility index (Phi) is 2.83. The third-order valence-corrected chi connectivity index (χ3v) is 3.00. The van der Waals surface area contributed by atoms with Crippen molar-refractivity contribution in [2.45, 2.75) is 18.4 Å². The second kappa shape index (κ2) is 4.01. The van der Waals surface area contributed by atoms with Crippen LogP contribution in [0, 0.1) is 11.6 Å². The van der Waals surface area contributed by atoms with E-state index in [1.807, 2.05) is 0 Å². The van der Waals surface area contributed by atoms with Crippen LogP contribution in [0.15, 0.2) is 17.1 Å². The van der Waals surface area contributed by atoms with Crippen LogP contribution in [0.25, 0.3) is 0 Å². The number of nitrogens with two attached hydrogens (primary N) is 2. The first kappa shape index (κ1) is 13.4. The number of hydrogen-bond acceptors (Lipinski definition) is 4. The highest BCUT2D eigenvalue weighted by Gasteiger charge is 2.57. The molecule has 1 heterocycles. The third-order valence-electron chi connectivity index (χ3n) is 3.00. The Morgan fingerprint density at radius 1 is 1.26 bits per heavy atom. The highest BCUT2D eigenvalue weighted by Crippen LogP contribution is 2.44. The predicted octanol–water partition coefficient (Wildman–Crippen LogP) is 1.74. The Bertz CT molecular complexity index is 561. The molecule has 19 heavy (non-hydrogen) atoms. The van der Waals surface area contributed by atoms with Crippen LogP contribution in [0.5, 0.6) is 0 Å². The van der Waals surface area contributed by atoms with Gasteiger partial charge < -0.3 is 16.2 Å². The van der Waals surface area contributed by atoms with Crippen molar-refractivity contribution in [3.05, 3.63) is 29.3 Å². The van der Waals surface area contributed by atoms with Gasteiger partial charge in [-0.15, -0.1) is 0 Å². The Morgan fingerprint density at radius 2 is 1.89 bits per heavy atom. The Morgan fingerprint density at radius 3 is 2.53 bits per heavy atom. The molecule has 0 bridgehead atoms. The number of nitrogens with zero attached hydrogens (tertiary/aromatic N) is 1. The van der Waals surface area contributed by atoms with Gasteiger partial charge in [-0.1, -0.05) is 0 Å². The summed E-state index contributed by atoms with van der Waals surface area (Å²) in [7, 11) is 0. The lowest BCUT2D eigenvalue weighted by Crippen LogP contribution is -2.53. The van der Waals surface area contributed by atoms with Gasteiger partial charge in [0.2, 0.25) is 5.60 Å². The molecule has 1 aromatic rings. The lowest BCUT2D eigenvalue weighted by Gasteiger charge is -2.39. The van der Waals surface area contributed by atoms with E-state index in [0.717, 1.165) is 13.0 Å². The van der Waals surface area contributed by atoms with Crippen LogP contribution in [0.4, 0.5) is 23.2 Å². The van der Waals surface area contributed by atoms with Gasteiger partial charge in [-0.2, -0.15) is 8.78 Å². The second-order valence-corrected chi connectivity index (χ2v) is 4.36. The molecule has 0 unspecified atom stereocenters. The predicted molar refractivity (Wildman–Crippen MR) is 60.6 cm³/mol. The molecule has 0 saturated carbocycles. The maximum atomic E-state index is 13.9. The van der Waals surface area contributed by atoms with Crippen LogP contribution in [0.3, 0.4) is 0 Å². The molecule has 1 aliphatic heterocycles. The zero-order valence-electron chi connectivity index (χ0n) is 9.88. The van der Waals surface area contributed by atoms with Crippen molar-refractivity contribution in [2.24, 2.45) is 10.7 Å². The highest BCUT2D eigenvalue weighted by atomic mass is 19.3. The maximum absolute atomic E-state index is 13.9. The van der Waals surface area contributed by atoms with Crippen LogP contribution in [-0.2, 0) is 10.3 Å². The molecule has 4 N–H and O–H groups in total. The molecule has 104 valence electrons. The van der Waals surface area contributed by atoms with Gasteiger partial charge in [0.05, 0.1) is 0 Å². The summed E-state index contributed by atoms with van der Waals surface area (Å²) >= 11 is 0. The number of amidine groups is 1. The minimum atomic E-state index is -3.56. The van der Waals surface area contributed by atoms with E-state index >= 15 is 0 Å². The largest absolute Gasteiger partial charge is 0.448 e. The van der Waals surface area contributed by atoms with E-state index in [1.165, 1.54) is 0 Å². The summed E-state index contributed by atoms with van der Waals surface area (Å²) in [6, 6.07) is 1.07. The molecule has 0 saturated heterocycles. The molecule has 0 radical (unpaired) electrons. The molecule has 2 rings (SSSR count). The minimum Gasteiger partial charge on any atom is -0.448 e.